The maximum atomic E-state index is 12.6. The van der Waals surface area contributed by atoms with Crippen LogP contribution in [0, 0.1) is 24.0 Å². The molecule has 2 aromatic rings. The fraction of sp³-hybridized carbons (Fsp3) is 0.316. The standard InChI is InChI=1S/C19H23N3O6S/c1-5-28-18-9-8-16(10-13(18)3)29(26,27)21-14(4)19(23)20-17-11-15(22(24)25)7-6-12(17)2/h6-11,14,21H,5H2,1-4H3,(H,20,23)/t14-/m0/s1. The third-order valence-corrected chi connectivity index (χ3v) is 5.71. The number of sulfonamides is 1. The number of amides is 1. The van der Waals surface area contributed by atoms with Gasteiger partial charge in [0.05, 0.1) is 28.2 Å². The van der Waals surface area contributed by atoms with Gasteiger partial charge in [-0.05, 0) is 57.0 Å². The van der Waals surface area contributed by atoms with Gasteiger partial charge in [0.1, 0.15) is 5.75 Å². The molecule has 0 spiro atoms. The summed E-state index contributed by atoms with van der Waals surface area (Å²) >= 11 is 0. The third kappa shape index (κ3) is 5.52. The summed E-state index contributed by atoms with van der Waals surface area (Å²) in [4.78, 5) is 22.8. The van der Waals surface area contributed by atoms with Gasteiger partial charge < -0.3 is 10.1 Å². The van der Waals surface area contributed by atoms with Crippen LogP contribution >= 0.6 is 0 Å². The normalized spacial score (nSPS) is 12.3. The van der Waals surface area contributed by atoms with Crippen LogP contribution in [0.4, 0.5) is 11.4 Å². The van der Waals surface area contributed by atoms with Crippen LogP contribution in [0.3, 0.4) is 0 Å². The summed E-state index contributed by atoms with van der Waals surface area (Å²) in [5.41, 5.74) is 1.33. The quantitative estimate of drug-likeness (QED) is 0.498. The molecule has 0 bridgehead atoms. The molecule has 0 radical (unpaired) electrons. The van der Waals surface area contributed by atoms with E-state index >= 15 is 0 Å². The smallest absolute Gasteiger partial charge is 0.271 e. The molecule has 10 heteroatoms. The molecule has 0 aliphatic heterocycles. The molecule has 0 fully saturated rings. The molecule has 9 nitrogen and oxygen atoms in total. The minimum Gasteiger partial charge on any atom is -0.494 e. The number of hydrogen-bond acceptors (Lipinski definition) is 6. The van der Waals surface area contributed by atoms with E-state index < -0.39 is 26.9 Å². The van der Waals surface area contributed by atoms with Gasteiger partial charge in [0.25, 0.3) is 5.69 Å². The molecule has 1 atom stereocenters. The molecule has 2 aromatic carbocycles. The molecule has 156 valence electrons. The predicted molar refractivity (Wildman–Crippen MR) is 109 cm³/mol. The molecule has 1 amide bonds. The molecule has 0 unspecified atom stereocenters. The summed E-state index contributed by atoms with van der Waals surface area (Å²) in [7, 11) is -3.96. The number of rotatable bonds is 8. The predicted octanol–water partition coefficient (Wildman–Crippen LogP) is 2.92. The summed E-state index contributed by atoms with van der Waals surface area (Å²) in [6.07, 6.45) is 0. The summed E-state index contributed by atoms with van der Waals surface area (Å²) in [6.45, 7) is 7.08. The summed E-state index contributed by atoms with van der Waals surface area (Å²) < 4.78 is 32.9. The first kappa shape index (κ1) is 22.3. The fourth-order valence-electron chi connectivity index (χ4n) is 2.56. The number of carbonyl (C=O) groups excluding carboxylic acids is 1. The van der Waals surface area contributed by atoms with Gasteiger partial charge >= 0.3 is 0 Å². The number of nitro benzene ring substituents is 1. The molecular weight excluding hydrogens is 398 g/mol. The Balaban J connectivity index is 2.15. The number of hydrogen-bond donors (Lipinski definition) is 2. The number of anilines is 1. The Labute approximate surface area is 169 Å². The lowest BCUT2D eigenvalue weighted by molar-refractivity contribution is -0.384. The van der Waals surface area contributed by atoms with Crippen molar-refractivity contribution in [2.75, 3.05) is 11.9 Å². The van der Waals surface area contributed by atoms with E-state index in [9.17, 15) is 23.3 Å². The van der Waals surface area contributed by atoms with Crippen molar-refractivity contribution in [3.8, 4) is 5.75 Å². The second-order valence-electron chi connectivity index (χ2n) is 6.45. The lowest BCUT2D eigenvalue weighted by Crippen LogP contribution is -2.41. The van der Waals surface area contributed by atoms with Crippen molar-refractivity contribution in [2.24, 2.45) is 0 Å². The number of non-ortho nitro benzene ring substituents is 1. The van der Waals surface area contributed by atoms with Gasteiger partial charge in [0.15, 0.2) is 0 Å². The van der Waals surface area contributed by atoms with Gasteiger partial charge in [0.2, 0.25) is 15.9 Å². The van der Waals surface area contributed by atoms with E-state index in [2.05, 4.69) is 10.0 Å². The molecule has 0 aliphatic rings. The Morgan fingerprint density at radius 1 is 1.17 bits per heavy atom. The van der Waals surface area contributed by atoms with Gasteiger partial charge in [-0.1, -0.05) is 6.07 Å². The van der Waals surface area contributed by atoms with Crippen LogP contribution in [-0.4, -0.2) is 31.9 Å². The summed E-state index contributed by atoms with van der Waals surface area (Å²) in [6, 6.07) is 7.37. The number of nitrogens with one attached hydrogen (secondary N) is 2. The second-order valence-corrected chi connectivity index (χ2v) is 8.16. The van der Waals surface area contributed by atoms with Gasteiger partial charge in [-0.15, -0.1) is 0 Å². The number of nitrogens with zero attached hydrogens (tertiary/aromatic N) is 1. The van der Waals surface area contributed by atoms with Crippen molar-refractivity contribution in [3.05, 3.63) is 57.6 Å². The van der Waals surface area contributed by atoms with Crippen LogP contribution in [0.5, 0.6) is 5.75 Å². The molecule has 0 aromatic heterocycles. The zero-order chi connectivity index (χ0) is 21.8. The molecule has 0 aliphatic carbocycles. The first-order valence-electron chi connectivity index (χ1n) is 8.87. The SMILES string of the molecule is CCOc1ccc(S(=O)(=O)N[C@@H](C)C(=O)Nc2cc([N+](=O)[O-])ccc2C)cc1C. The van der Waals surface area contributed by atoms with E-state index in [1.165, 1.54) is 37.3 Å². The number of benzene rings is 2. The average molecular weight is 421 g/mol. The molecule has 0 saturated heterocycles. The van der Waals surface area contributed by atoms with Crippen LogP contribution in [0.25, 0.3) is 0 Å². The first-order chi connectivity index (χ1) is 13.5. The highest BCUT2D eigenvalue weighted by Gasteiger charge is 2.23. The van der Waals surface area contributed by atoms with Crippen molar-refractivity contribution in [3.63, 3.8) is 0 Å². The number of aryl methyl sites for hydroxylation is 2. The molecule has 29 heavy (non-hydrogen) atoms. The van der Waals surface area contributed by atoms with Crippen LogP contribution in [0.2, 0.25) is 0 Å². The zero-order valence-electron chi connectivity index (χ0n) is 16.6. The van der Waals surface area contributed by atoms with E-state index in [4.69, 9.17) is 4.74 Å². The topological polar surface area (TPSA) is 128 Å². The van der Waals surface area contributed by atoms with E-state index in [0.717, 1.165) is 0 Å². The van der Waals surface area contributed by atoms with E-state index in [0.29, 0.717) is 23.5 Å². The van der Waals surface area contributed by atoms with Crippen LogP contribution in [-0.2, 0) is 14.8 Å². The highest BCUT2D eigenvalue weighted by Crippen LogP contribution is 2.23. The van der Waals surface area contributed by atoms with Crippen LogP contribution in [0.15, 0.2) is 41.3 Å². The van der Waals surface area contributed by atoms with Crippen LogP contribution in [0.1, 0.15) is 25.0 Å². The Morgan fingerprint density at radius 2 is 1.86 bits per heavy atom. The maximum Gasteiger partial charge on any atom is 0.271 e. The van der Waals surface area contributed by atoms with E-state index in [1.807, 2.05) is 6.92 Å². The van der Waals surface area contributed by atoms with Crippen molar-refractivity contribution in [1.29, 1.82) is 0 Å². The maximum absolute atomic E-state index is 12.6. The minimum atomic E-state index is -3.96. The van der Waals surface area contributed by atoms with E-state index in [-0.39, 0.29) is 16.3 Å². The van der Waals surface area contributed by atoms with Gasteiger partial charge in [0, 0.05) is 12.1 Å². The molecule has 2 N–H and O–H groups in total. The Morgan fingerprint density at radius 3 is 2.45 bits per heavy atom. The molecular formula is C19H23N3O6S. The first-order valence-corrected chi connectivity index (χ1v) is 10.3. The highest BCUT2D eigenvalue weighted by atomic mass is 32.2. The van der Waals surface area contributed by atoms with Crippen molar-refractivity contribution >= 4 is 27.3 Å². The molecule has 2 rings (SSSR count). The monoisotopic (exact) mass is 421 g/mol. The minimum absolute atomic E-state index is 0.00429. The largest absolute Gasteiger partial charge is 0.494 e. The Hall–Kier alpha value is -2.98. The lowest BCUT2D eigenvalue weighted by Gasteiger charge is -2.16. The number of carbonyl (C=O) groups is 1. The van der Waals surface area contributed by atoms with Crippen molar-refractivity contribution < 1.29 is 22.9 Å². The second kappa shape index (κ2) is 9.01. The third-order valence-electron chi connectivity index (χ3n) is 4.17. The van der Waals surface area contributed by atoms with Gasteiger partial charge in [-0.2, -0.15) is 4.72 Å². The molecule has 0 heterocycles. The van der Waals surface area contributed by atoms with Crippen molar-refractivity contribution in [1.82, 2.24) is 4.72 Å². The number of nitro groups is 1. The van der Waals surface area contributed by atoms with Gasteiger partial charge in [-0.3, -0.25) is 14.9 Å². The lowest BCUT2D eigenvalue weighted by atomic mass is 10.1. The molecule has 0 saturated carbocycles. The number of ether oxygens (including phenoxy) is 1. The summed E-state index contributed by atoms with van der Waals surface area (Å²) in [5.74, 6) is -0.0572. The zero-order valence-corrected chi connectivity index (χ0v) is 17.4. The Bertz CT molecular complexity index is 1040. The summed E-state index contributed by atoms with van der Waals surface area (Å²) in [5, 5.41) is 13.4. The highest BCUT2D eigenvalue weighted by molar-refractivity contribution is 7.89. The van der Waals surface area contributed by atoms with Crippen molar-refractivity contribution in [2.45, 2.75) is 38.6 Å². The van der Waals surface area contributed by atoms with Gasteiger partial charge in [-0.25, -0.2) is 8.42 Å². The Kier molecular flexibility index (Phi) is 6.93. The fourth-order valence-corrected chi connectivity index (χ4v) is 3.85. The average Bonchev–Trinajstić information content (AvgIpc) is 2.64. The van der Waals surface area contributed by atoms with Crippen LogP contribution < -0.4 is 14.8 Å². The van der Waals surface area contributed by atoms with E-state index in [1.54, 1.807) is 19.9 Å².